The van der Waals surface area contributed by atoms with Gasteiger partial charge >= 0.3 is 0 Å². The van der Waals surface area contributed by atoms with Crippen LogP contribution in [0.1, 0.15) is 45.1 Å². The Labute approximate surface area is 128 Å². The Morgan fingerprint density at radius 2 is 2.05 bits per heavy atom. The number of nitrogens with two attached hydrogens (primary N) is 1. The zero-order valence-electron chi connectivity index (χ0n) is 12.9. The lowest BCUT2D eigenvalue weighted by atomic mass is 9.84. The first-order valence-electron chi connectivity index (χ1n) is 7.76. The molecule has 0 bridgehead atoms. The average molecular weight is 295 g/mol. The molecular weight excluding hydrogens is 268 g/mol. The van der Waals surface area contributed by atoms with Gasteiger partial charge in [0.2, 0.25) is 0 Å². The van der Waals surface area contributed by atoms with Crippen molar-refractivity contribution in [3.8, 4) is 0 Å². The predicted molar refractivity (Wildman–Crippen MR) is 88.6 cm³/mol. The third kappa shape index (κ3) is 3.48. The number of halogens is 1. The summed E-state index contributed by atoms with van der Waals surface area (Å²) in [5.74, 6) is 0.746. The summed E-state index contributed by atoms with van der Waals surface area (Å²) in [7, 11) is 2.21. The van der Waals surface area contributed by atoms with Gasteiger partial charge < -0.3 is 10.6 Å². The minimum atomic E-state index is 0.130. The molecule has 3 atom stereocenters. The van der Waals surface area contributed by atoms with Gasteiger partial charge in [0.05, 0.1) is 0 Å². The smallest absolute Gasteiger partial charge is 0.0459 e. The molecule has 0 saturated heterocycles. The fourth-order valence-corrected chi connectivity index (χ4v) is 3.70. The molecule has 1 fully saturated rings. The molecule has 1 aliphatic rings. The third-order valence-electron chi connectivity index (χ3n) is 4.56. The van der Waals surface area contributed by atoms with Gasteiger partial charge in [0.15, 0.2) is 0 Å². The Kier molecular flexibility index (Phi) is 5.34. The molecule has 3 unspecified atom stereocenters. The Morgan fingerprint density at radius 1 is 1.35 bits per heavy atom. The highest BCUT2D eigenvalue weighted by atomic mass is 35.5. The molecule has 2 nitrogen and oxygen atoms in total. The maximum Gasteiger partial charge on any atom is 0.0459 e. The van der Waals surface area contributed by atoms with Crippen molar-refractivity contribution in [2.24, 2.45) is 11.7 Å². The number of benzene rings is 1. The first kappa shape index (κ1) is 15.7. The van der Waals surface area contributed by atoms with Crippen molar-refractivity contribution in [1.82, 2.24) is 0 Å². The van der Waals surface area contributed by atoms with Crippen molar-refractivity contribution < 1.29 is 0 Å². The zero-order valence-corrected chi connectivity index (χ0v) is 13.7. The van der Waals surface area contributed by atoms with Crippen LogP contribution in [0.25, 0.3) is 0 Å². The second-order valence-corrected chi connectivity index (χ2v) is 6.77. The van der Waals surface area contributed by atoms with Crippen molar-refractivity contribution in [1.29, 1.82) is 0 Å². The number of hydrogen-bond acceptors (Lipinski definition) is 2. The molecular formula is C17H27ClN2. The van der Waals surface area contributed by atoms with Crippen LogP contribution in [0.15, 0.2) is 18.2 Å². The molecule has 2 N–H and O–H groups in total. The van der Waals surface area contributed by atoms with Crippen molar-refractivity contribution >= 4 is 17.3 Å². The standard InChI is InChI=1S/C17H27ClN2/c1-12-7-4-5-9-16(12)20(3)17-10-6-8-15(18)14(17)11-13(2)19/h6,8,10,12-13,16H,4-5,7,9,11,19H2,1-3H3. The Balaban J connectivity index is 2.28. The maximum atomic E-state index is 6.41. The van der Waals surface area contributed by atoms with E-state index in [9.17, 15) is 0 Å². The average Bonchev–Trinajstić information content (AvgIpc) is 2.40. The van der Waals surface area contributed by atoms with Crippen LogP contribution in [-0.2, 0) is 6.42 Å². The molecule has 1 aromatic carbocycles. The van der Waals surface area contributed by atoms with Gasteiger partial charge in [-0.3, -0.25) is 0 Å². The second kappa shape index (κ2) is 6.82. The first-order chi connectivity index (χ1) is 9.50. The molecule has 1 aromatic rings. The van der Waals surface area contributed by atoms with Crippen molar-refractivity contribution in [3.63, 3.8) is 0 Å². The van der Waals surface area contributed by atoms with Crippen LogP contribution in [0.4, 0.5) is 5.69 Å². The fraction of sp³-hybridized carbons (Fsp3) is 0.647. The highest BCUT2D eigenvalue weighted by Crippen LogP contribution is 2.34. The normalized spacial score (nSPS) is 24.4. The molecule has 0 heterocycles. The third-order valence-corrected chi connectivity index (χ3v) is 4.92. The number of hydrogen-bond donors (Lipinski definition) is 1. The molecule has 1 aliphatic carbocycles. The summed E-state index contributed by atoms with van der Waals surface area (Å²) in [4.78, 5) is 2.44. The monoisotopic (exact) mass is 294 g/mol. The molecule has 0 radical (unpaired) electrons. The molecule has 112 valence electrons. The molecule has 0 aromatic heterocycles. The van der Waals surface area contributed by atoms with E-state index in [2.05, 4.69) is 24.9 Å². The summed E-state index contributed by atoms with van der Waals surface area (Å²) in [5, 5.41) is 0.843. The molecule has 1 saturated carbocycles. The van der Waals surface area contributed by atoms with Gasteiger partial charge in [-0.15, -0.1) is 0 Å². The van der Waals surface area contributed by atoms with Crippen LogP contribution in [0.3, 0.4) is 0 Å². The highest BCUT2D eigenvalue weighted by Gasteiger charge is 2.26. The second-order valence-electron chi connectivity index (χ2n) is 6.36. The summed E-state index contributed by atoms with van der Waals surface area (Å²) in [5.41, 5.74) is 8.45. The highest BCUT2D eigenvalue weighted by molar-refractivity contribution is 6.31. The summed E-state index contributed by atoms with van der Waals surface area (Å²) >= 11 is 6.41. The quantitative estimate of drug-likeness (QED) is 0.900. The number of nitrogens with zero attached hydrogens (tertiary/aromatic N) is 1. The van der Waals surface area contributed by atoms with E-state index in [0.29, 0.717) is 6.04 Å². The number of rotatable bonds is 4. The molecule has 3 heteroatoms. The van der Waals surface area contributed by atoms with Gasteiger partial charge in [0, 0.05) is 29.8 Å². The van der Waals surface area contributed by atoms with E-state index in [-0.39, 0.29) is 6.04 Å². The van der Waals surface area contributed by atoms with Crippen LogP contribution >= 0.6 is 11.6 Å². The van der Waals surface area contributed by atoms with E-state index >= 15 is 0 Å². The van der Waals surface area contributed by atoms with Crippen LogP contribution in [-0.4, -0.2) is 19.1 Å². The lowest BCUT2D eigenvalue weighted by Gasteiger charge is -2.39. The lowest BCUT2D eigenvalue weighted by Crippen LogP contribution is -2.39. The molecule has 0 aliphatic heterocycles. The van der Waals surface area contributed by atoms with E-state index in [1.807, 2.05) is 19.1 Å². The summed E-state index contributed by atoms with van der Waals surface area (Å²) in [6.45, 7) is 4.41. The Hall–Kier alpha value is -0.730. The van der Waals surface area contributed by atoms with Gasteiger partial charge in [-0.05, 0) is 49.8 Å². The Bertz CT molecular complexity index is 445. The maximum absolute atomic E-state index is 6.41. The van der Waals surface area contributed by atoms with Gasteiger partial charge in [-0.2, -0.15) is 0 Å². The minimum absolute atomic E-state index is 0.130. The van der Waals surface area contributed by atoms with Crippen molar-refractivity contribution in [2.45, 2.75) is 58.0 Å². The summed E-state index contributed by atoms with van der Waals surface area (Å²) in [6.07, 6.45) is 6.15. The summed E-state index contributed by atoms with van der Waals surface area (Å²) < 4.78 is 0. The van der Waals surface area contributed by atoms with Crippen LogP contribution < -0.4 is 10.6 Å². The van der Waals surface area contributed by atoms with E-state index < -0.39 is 0 Å². The largest absolute Gasteiger partial charge is 0.371 e. The van der Waals surface area contributed by atoms with Crippen LogP contribution in [0.2, 0.25) is 5.02 Å². The molecule has 20 heavy (non-hydrogen) atoms. The predicted octanol–water partition coefficient (Wildman–Crippen LogP) is 4.24. The van der Waals surface area contributed by atoms with Crippen LogP contribution in [0.5, 0.6) is 0 Å². The first-order valence-corrected chi connectivity index (χ1v) is 8.14. The van der Waals surface area contributed by atoms with Gasteiger partial charge in [-0.1, -0.05) is 37.4 Å². The van der Waals surface area contributed by atoms with E-state index in [4.69, 9.17) is 17.3 Å². The molecule has 0 spiro atoms. The fourth-order valence-electron chi connectivity index (χ4n) is 3.45. The van der Waals surface area contributed by atoms with E-state index in [1.54, 1.807) is 0 Å². The van der Waals surface area contributed by atoms with Crippen molar-refractivity contribution in [2.75, 3.05) is 11.9 Å². The van der Waals surface area contributed by atoms with Gasteiger partial charge in [0.1, 0.15) is 0 Å². The topological polar surface area (TPSA) is 29.3 Å². The lowest BCUT2D eigenvalue weighted by molar-refractivity contribution is 0.321. The van der Waals surface area contributed by atoms with Gasteiger partial charge in [0.25, 0.3) is 0 Å². The summed E-state index contributed by atoms with van der Waals surface area (Å²) in [6, 6.07) is 6.96. The van der Waals surface area contributed by atoms with E-state index in [1.165, 1.54) is 36.9 Å². The SMILES string of the molecule is CC(N)Cc1c(Cl)cccc1N(C)C1CCCCC1C. The van der Waals surface area contributed by atoms with Crippen LogP contribution in [0, 0.1) is 5.92 Å². The van der Waals surface area contributed by atoms with Gasteiger partial charge in [-0.25, -0.2) is 0 Å². The zero-order chi connectivity index (χ0) is 14.7. The number of anilines is 1. The van der Waals surface area contributed by atoms with E-state index in [0.717, 1.165) is 17.4 Å². The van der Waals surface area contributed by atoms with Crippen molar-refractivity contribution in [3.05, 3.63) is 28.8 Å². The molecule has 2 rings (SSSR count). The minimum Gasteiger partial charge on any atom is -0.371 e. The Morgan fingerprint density at radius 3 is 2.70 bits per heavy atom. The molecule has 0 amide bonds.